The third-order valence-electron chi connectivity index (χ3n) is 3.39. The number of hydrogen-bond donors (Lipinski definition) is 4. The molecule has 2 aromatic rings. The van der Waals surface area contributed by atoms with Crippen LogP contribution in [0.3, 0.4) is 0 Å². The maximum atomic E-state index is 11.7. The summed E-state index contributed by atoms with van der Waals surface area (Å²) in [7, 11) is 1.46. The average Bonchev–Trinajstić information content (AvgIpc) is 2.96. The number of methoxy groups -OCH3 is 1. The van der Waals surface area contributed by atoms with E-state index in [0.717, 1.165) is 0 Å². The zero-order valence-corrected chi connectivity index (χ0v) is 11.1. The molecule has 2 aromatic heterocycles. The van der Waals surface area contributed by atoms with E-state index in [1.165, 1.54) is 18.0 Å². The van der Waals surface area contributed by atoms with E-state index in [0.29, 0.717) is 0 Å². The number of anilines is 1. The largest absolute Gasteiger partial charge is 0.387 e. The van der Waals surface area contributed by atoms with Crippen LogP contribution in [0.1, 0.15) is 6.23 Å². The van der Waals surface area contributed by atoms with E-state index in [1.807, 2.05) is 0 Å². The second-order valence-electron chi connectivity index (χ2n) is 4.78. The molecule has 0 amide bonds. The van der Waals surface area contributed by atoms with Gasteiger partial charge in [0.25, 0.3) is 5.56 Å². The molecule has 1 fully saturated rings. The second-order valence-corrected chi connectivity index (χ2v) is 4.78. The molecule has 21 heavy (non-hydrogen) atoms. The summed E-state index contributed by atoms with van der Waals surface area (Å²) in [5.41, 5.74) is 5.27. The molecule has 3 heterocycles. The molecule has 3 rings (SSSR count). The number of aliphatic hydroxyl groups excluding tert-OH is 2. The van der Waals surface area contributed by atoms with Crippen molar-refractivity contribution in [3.8, 4) is 0 Å². The van der Waals surface area contributed by atoms with Crippen molar-refractivity contribution >= 4 is 17.1 Å². The number of ether oxygens (including phenoxy) is 2. The highest BCUT2D eigenvalue weighted by atomic mass is 16.6. The van der Waals surface area contributed by atoms with Crippen LogP contribution >= 0.6 is 0 Å². The Morgan fingerprint density at radius 2 is 2.29 bits per heavy atom. The Morgan fingerprint density at radius 3 is 3.00 bits per heavy atom. The number of hydrogen-bond acceptors (Lipinski definition) is 8. The van der Waals surface area contributed by atoms with Crippen LogP contribution in [0.2, 0.25) is 0 Å². The van der Waals surface area contributed by atoms with Gasteiger partial charge in [0.15, 0.2) is 17.4 Å². The molecule has 10 nitrogen and oxygen atoms in total. The van der Waals surface area contributed by atoms with Crippen molar-refractivity contribution in [2.75, 3.05) is 19.5 Å². The zero-order chi connectivity index (χ0) is 15.1. The standard InChI is InChI=1S/C11H15N5O5/c1-20-2-4-6(17)7(18)10(21-4)16-3-13-5-8(16)14-11(12)15-9(5)19/h3-4,6-7,10,17-18H,2H2,1H3,(H3,12,14,15,19)/t4-,6?,7?,10?/m1/s1. The molecule has 1 saturated heterocycles. The SMILES string of the molecule is COC[C@H]1OC(n2cnc3c(=O)[nH]c(N)nc32)C(O)C1O. The first-order valence-electron chi connectivity index (χ1n) is 6.25. The first-order valence-corrected chi connectivity index (χ1v) is 6.25. The molecule has 10 heteroatoms. The summed E-state index contributed by atoms with van der Waals surface area (Å²) in [6.07, 6.45) is -2.63. The van der Waals surface area contributed by atoms with Gasteiger partial charge in [-0.1, -0.05) is 0 Å². The molecule has 5 N–H and O–H groups in total. The Labute approximate surface area is 118 Å². The number of nitrogen functional groups attached to an aromatic ring is 1. The van der Waals surface area contributed by atoms with Crippen LogP contribution in [0, 0.1) is 0 Å². The van der Waals surface area contributed by atoms with Crippen LogP contribution in [0.15, 0.2) is 11.1 Å². The second kappa shape index (κ2) is 5.07. The van der Waals surface area contributed by atoms with Gasteiger partial charge in [-0.25, -0.2) is 4.98 Å². The van der Waals surface area contributed by atoms with Gasteiger partial charge in [0, 0.05) is 7.11 Å². The van der Waals surface area contributed by atoms with E-state index < -0.39 is 30.1 Å². The van der Waals surface area contributed by atoms with E-state index >= 15 is 0 Å². The lowest BCUT2D eigenvalue weighted by atomic mass is 10.1. The predicted octanol–water partition coefficient (Wildman–Crippen LogP) is -2.03. The first-order chi connectivity index (χ1) is 10.0. The summed E-state index contributed by atoms with van der Waals surface area (Å²) in [5.74, 6) is -0.0734. The van der Waals surface area contributed by atoms with Crippen molar-refractivity contribution in [2.24, 2.45) is 0 Å². The Balaban J connectivity index is 2.03. The van der Waals surface area contributed by atoms with Crippen molar-refractivity contribution in [1.29, 1.82) is 0 Å². The smallest absolute Gasteiger partial charge is 0.280 e. The van der Waals surface area contributed by atoms with Crippen molar-refractivity contribution in [1.82, 2.24) is 19.5 Å². The minimum Gasteiger partial charge on any atom is -0.387 e. The molecule has 0 aromatic carbocycles. The van der Waals surface area contributed by atoms with Gasteiger partial charge in [-0.05, 0) is 0 Å². The van der Waals surface area contributed by atoms with Crippen molar-refractivity contribution in [3.63, 3.8) is 0 Å². The fourth-order valence-corrected chi connectivity index (χ4v) is 2.39. The third-order valence-corrected chi connectivity index (χ3v) is 3.39. The number of nitrogens with zero attached hydrogens (tertiary/aromatic N) is 3. The molecule has 3 unspecified atom stereocenters. The number of nitrogens with one attached hydrogen (secondary N) is 1. The average molecular weight is 297 g/mol. The van der Waals surface area contributed by atoms with Gasteiger partial charge < -0.3 is 25.4 Å². The summed E-state index contributed by atoms with van der Waals surface area (Å²) >= 11 is 0. The van der Waals surface area contributed by atoms with E-state index in [4.69, 9.17) is 15.2 Å². The van der Waals surface area contributed by atoms with Gasteiger partial charge >= 0.3 is 0 Å². The summed E-state index contributed by atoms with van der Waals surface area (Å²) < 4.78 is 11.9. The summed E-state index contributed by atoms with van der Waals surface area (Å²) in [6, 6.07) is 0. The minimum absolute atomic E-state index is 0.0734. The van der Waals surface area contributed by atoms with E-state index in [9.17, 15) is 15.0 Å². The maximum Gasteiger partial charge on any atom is 0.280 e. The van der Waals surface area contributed by atoms with E-state index in [-0.39, 0.29) is 23.7 Å². The highest BCUT2D eigenvalue weighted by Gasteiger charge is 2.44. The highest BCUT2D eigenvalue weighted by molar-refractivity contribution is 5.70. The number of aromatic nitrogens is 4. The Bertz CT molecular complexity index is 713. The monoisotopic (exact) mass is 297 g/mol. The maximum absolute atomic E-state index is 11.7. The zero-order valence-electron chi connectivity index (χ0n) is 11.1. The van der Waals surface area contributed by atoms with Crippen LogP contribution in [0.4, 0.5) is 5.95 Å². The van der Waals surface area contributed by atoms with Gasteiger partial charge in [-0.2, -0.15) is 4.98 Å². The van der Waals surface area contributed by atoms with Gasteiger partial charge in [0.05, 0.1) is 12.9 Å². The van der Waals surface area contributed by atoms with Gasteiger partial charge in [0.1, 0.15) is 18.3 Å². The molecule has 4 atom stereocenters. The Kier molecular flexibility index (Phi) is 3.37. The number of aliphatic hydroxyl groups is 2. The van der Waals surface area contributed by atoms with Crippen molar-refractivity contribution in [2.45, 2.75) is 24.5 Å². The normalized spacial score (nSPS) is 29.3. The molecule has 0 aliphatic carbocycles. The number of nitrogens with two attached hydrogens (primary N) is 1. The first kappa shape index (κ1) is 13.9. The summed E-state index contributed by atoms with van der Waals surface area (Å²) in [5, 5.41) is 20.0. The number of H-pyrrole nitrogens is 1. The fraction of sp³-hybridized carbons (Fsp3) is 0.545. The predicted molar refractivity (Wildman–Crippen MR) is 70.4 cm³/mol. The fourth-order valence-electron chi connectivity index (χ4n) is 2.39. The minimum atomic E-state index is -1.20. The van der Waals surface area contributed by atoms with Crippen LogP contribution in [0.5, 0.6) is 0 Å². The quantitative estimate of drug-likeness (QED) is 0.506. The highest BCUT2D eigenvalue weighted by Crippen LogP contribution is 2.31. The lowest BCUT2D eigenvalue weighted by molar-refractivity contribution is -0.0580. The molecule has 0 saturated carbocycles. The topological polar surface area (TPSA) is 149 Å². The summed E-state index contributed by atoms with van der Waals surface area (Å²) in [6.45, 7) is 0.123. The molecule has 0 radical (unpaired) electrons. The molecule has 0 bridgehead atoms. The number of aromatic amines is 1. The van der Waals surface area contributed by atoms with Crippen molar-refractivity contribution in [3.05, 3.63) is 16.7 Å². The summed E-state index contributed by atoms with van der Waals surface area (Å²) in [4.78, 5) is 22.0. The van der Waals surface area contributed by atoms with Gasteiger partial charge in [0.2, 0.25) is 5.95 Å². The Hall–Kier alpha value is -2.01. The van der Waals surface area contributed by atoms with E-state index in [2.05, 4.69) is 15.0 Å². The van der Waals surface area contributed by atoms with Crippen LogP contribution < -0.4 is 11.3 Å². The molecule has 1 aliphatic heterocycles. The molecule has 0 spiro atoms. The van der Waals surface area contributed by atoms with Gasteiger partial charge in [-0.3, -0.25) is 14.3 Å². The third kappa shape index (κ3) is 2.17. The molecular formula is C11H15N5O5. The van der Waals surface area contributed by atoms with Crippen LogP contribution in [-0.4, -0.2) is 61.8 Å². The molecular weight excluding hydrogens is 282 g/mol. The van der Waals surface area contributed by atoms with Crippen LogP contribution in [-0.2, 0) is 9.47 Å². The lowest BCUT2D eigenvalue weighted by Gasteiger charge is -2.16. The van der Waals surface area contributed by atoms with E-state index in [1.54, 1.807) is 0 Å². The number of rotatable bonds is 3. The lowest BCUT2D eigenvalue weighted by Crippen LogP contribution is -2.33. The molecule has 114 valence electrons. The van der Waals surface area contributed by atoms with Crippen molar-refractivity contribution < 1.29 is 19.7 Å². The van der Waals surface area contributed by atoms with Gasteiger partial charge in [-0.15, -0.1) is 0 Å². The number of fused-ring (bicyclic) bond motifs is 1. The number of imidazole rings is 1. The van der Waals surface area contributed by atoms with Crippen LogP contribution in [0.25, 0.3) is 11.2 Å². The molecule has 1 aliphatic rings. The Morgan fingerprint density at radius 1 is 1.52 bits per heavy atom.